The van der Waals surface area contributed by atoms with E-state index in [-0.39, 0.29) is 6.10 Å². The first kappa shape index (κ1) is 13.4. The lowest BCUT2D eigenvalue weighted by Gasteiger charge is -2.29. The molecule has 106 valence electrons. The first-order valence-corrected chi connectivity index (χ1v) is 7.53. The standard InChI is InChI=1S/C17H22N2O/c1-12-6-2-5-9-16(12)20-17-15-8-4-3-7-13(15)10-14(11-18)19-17/h3-4,7-8,10,12,16H,2,5-6,9,11,18H2,1H3. The highest BCUT2D eigenvalue weighted by atomic mass is 16.5. The van der Waals surface area contributed by atoms with Crippen LogP contribution in [0.2, 0.25) is 0 Å². The highest BCUT2D eigenvalue weighted by molar-refractivity contribution is 5.87. The van der Waals surface area contributed by atoms with Gasteiger partial charge in [-0.15, -0.1) is 0 Å². The Morgan fingerprint density at radius 2 is 2.05 bits per heavy atom. The van der Waals surface area contributed by atoms with Gasteiger partial charge in [0.15, 0.2) is 0 Å². The van der Waals surface area contributed by atoms with Crippen molar-refractivity contribution in [1.29, 1.82) is 0 Å². The van der Waals surface area contributed by atoms with Crippen LogP contribution in [0.3, 0.4) is 0 Å². The van der Waals surface area contributed by atoms with Gasteiger partial charge in [0.25, 0.3) is 0 Å². The molecule has 0 spiro atoms. The van der Waals surface area contributed by atoms with Crippen molar-refractivity contribution in [2.75, 3.05) is 0 Å². The summed E-state index contributed by atoms with van der Waals surface area (Å²) in [5, 5.41) is 2.24. The van der Waals surface area contributed by atoms with Crippen molar-refractivity contribution in [1.82, 2.24) is 4.98 Å². The van der Waals surface area contributed by atoms with Crippen LogP contribution in [-0.4, -0.2) is 11.1 Å². The smallest absolute Gasteiger partial charge is 0.221 e. The second kappa shape index (κ2) is 5.80. The van der Waals surface area contributed by atoms with Crippen molar-refractivity contribution >= 4 is 10.8 Å². The predicted octanol–water partition coefficient (Wildman–Crippen LogP) is 3.65. The zero-order valence-electron chi connectivity index (χ0n) is 12.0. The zero-order chi connectivity index (χ0) is 13.9. The molecule has 1 aliphatic carbocycles. The molecule has 2 unspecified atom stereocenters. The second-order valence-corrected chi connectivity index (χ2v) is 5.76. The van der Waals surface area contributed by atoms with Crippen LogP contribution in [0.1, 0.15) is 38.3 Å². The third-order valence-corrected chi connectivity index (χ3v) is 4.26. The largest absolute Gasteiger partial charge is 0.474 e. The van der Waals surface area contributed by atoms with E-state index in [1.54, 1.807) is 0 Å². The van der Waals surface area contributed by atoms with E-state index in [4.69, 9.17) is 10.5 Å². The summed E-state index contributed by atoms with van der Waals surface area (Å²) in [6.07, 6.45) is 5.23. The molecule has 2 aromatic rings. The Hall–Kier alpha value is -1.61. The van der Waals surface area contributed by atoms with Crippen molar-refractivity contribution < 1.29 is 4.74 Å². The van der Waals surface area contributed by atoms with Gasteiger partial charge < -0.3 is 10.5 Å². The molecule has 0 saturated heterocycles. The van der Waals surface area contributed by atoms with E-state index in [2.05, 4.69) is 24.0 Å². The van der Waals surface area contributed by atoms with Gasteiger partial charge in [0, 0.05) is 11.9 Å². The van der Waals surface area contributed by atoms with E-state index < -0.39 is 0 Å². The maximum Gasteiger partial charge on any atom is 0.221 e. The summed E-state index contributed by atoms with van der Waals surface area (Å²) in [7, 11) is 0. The minimum absolute atomic E-state index is 0.285. The van der Waals surface area contributed by atoms with Gasteiger partial charge in [-0.25, -0.2) is 4.98 Å². The molecule has 1 aliphatic rings. The normalized spacial score (nSPS) is 22.9. The van der Waals surface area contributed by atoms with Crippen LogP contribution >= 0.6 is 0 Å². The van der Waals surface area contributed by atoms with Gasteiger partial charge >= 0.3 is 0 Å². The fourth-order valence-electron chi connectivity index (χ4n) is 3.02. The number of aromatic nitrogens is 1. The van der Waals surface area contributed by atoms with E-state index in [0.29, 0.717) is 12.5 Å². The van der Waals surface area contributed by atoms with E-state index >= 15 is 0 Å². The summed E-state index contributed by atoms with van der Waals surface area (Å²) >= 11 is 0. The van der Waals surface area contributed by atoms with Crippen molar-refractivity contribution in [3.63, 3.8) is 0 Å². The summed E-state index contributed by atoms with van der Waals surface area (Å²) < 4.78 is 6.26. The SMILES string of the molecule is CC1CCCCC1Oc1nc(CN)cc2ccccc12. The summed E-state index contributed by atoms with van der Waals surface area (Å²) in [5.74, 6) is 1.35. The average Bonchev–Trinajstić information content (AvgIpc) is 2.49. The molecule has 0 amide bonds. The van der Waals surface area contributed by atoms with E-state index in [1.165, 1.54) is 19.3 Å². The van der Waals surface area contributed by atoms with Crippen LogP contribution in [0, 0.1) is 5.92 Å². The Balaban J connectivity index is 1.96. The molecule has 1 aromatic carbocycles. The molecule has 1 heterocycles. The fourth-order valence-corrected chi connectivity index (χ4v) is 3.02. The Labute approximate surface area is 120 Å². The number of nitrogens with two attached hydrogens (primary N) is 1. The van der Waals surface area contributed by atoms with E-state index in [9.17, 15) is 0 Å². The number of pyridine rings is 1. The Morgan fingerprint density at radius 3 is 2.85 bits per heavy atom. The van der Waals surface area contributed by atoms with Gasteiger partial charge in [0.2, 0.25) is 5.88 Å². The summed E-state index contributed by atoms with van der Waals surface area (Å²) in [6, 6.07) is 10.3. The number of fused-ring (bicyclic) bond motifs is 1. The molecule has 1 aromatic heterocycles. The molecular formula is C17H22N2O. The number of benzene rings is 1. The molecule has 0 radical (unpaired) electrons. The summed E-state index contributed by atoms with van der Waals surface area (Å²) in [4.78, 5) is 4.60. The minimum atomic E-state index is 0.285. The Kier molecular flexibility index (Phi) is 3.88. The Morgan fingerprint density at radius 1 is 1.25 bits per heavy atom. The van der Waals surface area contributed by atoms with Crippen molar-refractivity contribution in [2.24, 2.45) is 11.7 Å². The van der Waals surface area contributed by atoms with Crippen LogP contribution in [0.15, 0.2) is 30.3 Å². The van der Waals surface area contributed by atoms with Gasteiger partial charge in [-0.1, -0.05) is 31.5 Å². The summed E-state index contributed by atoms with van der Waals surface area (Å²) in [5.41, 5.74) is 6.64. The van der Waals surface area contributed by atoms with E-state index in [0.717, 1.165) is 28.8 Å². The molecule has 20 heavy (non-hydrogen) atoms. The first-order valence-electron chi connectivity index (χ1n) is 7.53. The third kappa shape index (κ3) is 2.63. The fraction of sp³-hybridized carbons (Fsp3) is 0.471. The maximum atomic E-state index is 6.26. The third-order valence-electron chi connectivity index (χ3n) is 4.26. The quantitative estimate of drug-likeness (QED) is 0.926. The number of nitrogens with zero attached hydrogens (tertiary/aromatic N) is 1. The van der Waals surface area contributed by atoms with Crippen LogP contribution in [-0.2, 0) is 6.54 Å². The number of ether oxygens (including phenoxy) is 1. The predicted molar refractivity (Wildman–Crippen MR) is 81.7 cm³/mol. The number of hydrogen-bond acceptors (Lipinski definition) is 3. The van der Waals surface area contributed by atoms with E-state index in [1.807, 2.05) is 18.2 Å². The molecule has 1 fully saturated rings. The van der Waals surface area contributed by atoms with Crippen LogP contribution < -0.4 is 10.5 Å². The average molecular weight is 270 g/mol. The van der Waals surface area contributed by atoms with Crippen LogP contribution in [0.5, 0.6) is 5.88 Å². The van der Waals surface area contributed by atoms with Gasteiger partial charge in [-0.3, -0.25) is 0 Å². The lowest BCUT2D eigenvalue weighted by Crippen LogP contribution is -2.28. The van der Waals surface area contributed by atoms with Crippen molar-refractivity contribution in [3.05, 3.63) is 36.0 Å². The first-order chi connectivity index (χ1) is 9.78. The molecule has 3 nitrogen and oxygen atoms in total. The van der Waals surface area contributed by atoms with Crippen LogP contribution in [0.4, 0.5) is 0 Å². The van der Waals surface area contributed by atoms with Gasteiger partial charge in [0.1, 0.15) is 6.10 Å². The maximum absolute atomic E-state index is 6.26. The molecule has 3 rings (SSSR count). The van der Waals surface area contributed by atoms with Gasteiger partial charge in [-0.05, 0) is 42.7 Å². The zero-order valence-corrected chi connectivity index (χ0v) is 12.0. The highest BCUT2D eigenvalue weighted by Crippen LogP contribution is 2.31. The Bertz CT molecular complexity index is 597. The second-order valence-electron chi connectivity index (χ2n) is 5.76. The van der Waals surface area contributed by atoms with Gasteiger partial charge in [0.05, 0.1) is 5.69 Å². The molecule has 2 N–H and O–H groups in total. The lowest BCUT2D eigenvalue weighted by atomic mass is 9.88. The number of hydrogen-bond donors (Lipinski definition) is 1. The highest BCUT2D eigenvalue weighted by Gasteiger charge is 2.24. The molecule has 0 aliphatic heterocycles. The van der Waals surface area contributed by atoms with Crippen molar-refractivity contribution in [3.8, 4) is 5.88 Å². The van der Waals surface area contributed by atoms with Crippen LogP contribution in [0.25, 0.3) is 10.8 Å². The topological polar surface area (TPSA) is 48.1 Å². The number of rotatable bonds is 3. The molecule has 3 heteroatoms. The molecule has 1 saturated carbocycles. The monoisotopic (exact) mass is 270 g/mol. The minimum Gasteiger partial charge on any atom is -0.474 e. The molecule has 0 bridgehead atoms. The summed E-state index contributed by atoms with van der Waals surface area (Å²) in [6.45, 7) is 2.72. The van der Waals surface area contributed by atoms with Gasteiger partial charge in [-0.2, -0.15) is 0 Å². The lowest BCUT2D eigenvalue weighted by molar-refractivity contribution is 0.0992. The molecular weight excluding hydrogens is 248 g/mol. The molecule has 2 atom stereocenters. The van der Waals surface area contributed by atoms with Crippen molar-refractivity contribution in [2.45, 2.75) is 45.3 Å².